The van der Waals surface area contributed by atoms with Gasteiger partial charge in [-0.25, -0.2) is 0 Å². The van der Waals surface area contributed by atoms with Crippen molar-refractivity contribution in [2.45, 2.75) is 12.5 Å². The Morgan fingerprint density at radius 3 is 3.13 bits per heavy atom. The highest BCUT2D eigenvalue weighted by Gasteiger charge is 2.20. The van der Waals surface area contributed by atoms with E-state index in [1.54, 1.807) is 0 Å². The summed E-state index contributed by atoms with van der Waals surface area (Å²) in [4.78, 5) is 2.14. The first kappa shape index (κ1) is 8.54. The molecule has 0 spiro atoms. The summed E-state index contributed by atoms with van der Waals surface area (Å²) in [5.41, 5.74) is 6.49. The Balaban J connectivity index is 1.97. The van der Waals surface area contributed by atoms with Crippen molar-refractivity contribution < 1.29 is 0 Å². The Morgan fingerprint density at radius 2 is 2.33 bits per heavy atom. The molecule has 0 radical (unpaired) electrons. The average molecular weight is 205 g/mol. The molecule has 1 aliphatic rings. The van der Waals surface area contributed by atoms with Gasteiger partial charge in [-0.15, -0.1) is 14.8 Å². The van der Waals surface area contributed by atoms with E-state index in [0.717, 1.165) is 25.3 Å². The van der Waals surface area contributed by atoms with Crippen LogP contribution in [0, 0.1) is 0 Å². The third-order valence-electron chi connectivity index (χ3n) is 2.60. The van der Waals surface area contributed by atoms with Crippen LogP contribution in [0.5, 0.6) is 0 Å². The minimum Gasteiger partial charge on any atom is -0.354 e. The third-order valence-corrected chi connectivity index (χ3v) is 2.60. The second kappa shape index (κ2) is 3.13. The van der Waals surface area contributed by atoms with Crippen molar-refractivity contribution in [3.8, 4) is 0 Å². The van der Waals surface area contributed by atoms with Gasteiger partial charge in [-0.2, -0.15) is 0 Å². The molecule has 1 aliphatic heterocycles. The molecular weight excluding hydrogens is 194 g/mol. The van der Waals surface area contributed by atoms with Crippen molar-refractivity contribution in [2.75, 3.05) is 18.0 Å². The van der Waals surface area contributed by atoms with E-state index in [1.807, 2.05) is 12.1 Å². The molecule has 0 amide bonds. The van der Waals surface area contributed by atoms with Crippen LogP contribution in [0.2, 0.25) is 0 Å². The Hall–Kier alpha value is -1.76. The fourth-order valence-electron chi connectivity index (χ4n) is 1.80. The van der Waals surface area contributed by atoms with Crippen LogP contribution in [0.1, 0.15) is 6.42 Å². The quantitative estimate of drug-likeness (QED) is 0.646. The number of rotatable bonds is 1. The van der Waals surface area contributed by atoms with Crippen molar-refractivity contribution in [1.82, 2.24) is 25.3 Å². The minimum atomic E-state index is 0.247. The lowest BCUT2D eigenvalue weighted by Crippen LogP contribution is -2.27. The topological polar surface area (TPSA) is 85.2 Å². The zero-order chi connectivity index (χ0) is 10.3. The third kappa shape index (κ3) is 1.40. The molecule has 7 nitrogen and oxygen atoms in total. The van der Waals surface area contributed by atoms with Gasteiger partial charge in [-0.05, 0) is 29.0 Å². The zero-order valence-corrected chi connectivity index (χ0v) is 8.11. The van der Waals surface area contributed by atoms with Gasteiger partial charge >= 0.3 is 0 Å². The molecule has 0 aromatic carbocycles. The normalized spacial score (nSPS) is 21.4. The van der Waals surface area contributed by atoms with Gasteiger partial charge in [-0.3, -0.25) is 0 Å². The number of anilines is 1. The smallest absolute Gasteiger partial charge is 0.200 e. The van der Waals surface area contributed by atoms with Gasteiger partial charge in [0.05, 0.1) is 0 Å². The number of hydrogen-bond acceptors (Lipinski definition) is 6. The van der Waals surface area contributed by atoms with Crippen molar-refractivity contribution >= 4 is 11.5 Å². The first-order valence-electron chi connectivity index (χ1n) is 4.89. The highest BCUT2D eigenvalue weighted by molar-refractivity contribution is 5.45. The average Bonchev–Trinajstić information content (AvgIpc) is 2.84. The van der Waals surface area contributed by atoms with Gasteiger partial charge in [0.15, 0.2) is 11.5 Å². The molecule has 3 rings (SSSR count). The maximum absolute atomic E-state index is 5.84. The van der Waals surface area contributed by atoms with Crippen LogP contribution in [0.4, 0.5) is 5.82 Å². The molecule has 1 unspecified atom stereocenters. The van der Waals surface area contributed by atoms with Crippen molar-refractivity contribution in [3.05, 3.63) is 12.1 Å². The van der Waals surface area contributed by atoms with Gasteiger partial charge in [0.1, 0.15) is 0 Å². The van der Waals surface area contributed by atoms with Crippen LogP contribution in [0.25, 0.3) is 5.65 Å². The number of nitrogens with zero attached hydrogens (tertiary/aromatic N) is 6. The fourth-order valence-corrected chi connectivity index (χ4v) is 1.80. The number of hydrogen-bond donors (Lipinski definition) is 1. The number of aromatic nitrogens is 5. The van der Waals surface area contributed by atoms with E-state index >= 15 is 0 Å². The molecule has 1 saturated heterocycles. The SMILES string of the molecule is NC1CCN(c2ccc3nnnn3n2)C1. The zero-order valence-electron chi connectivity index (χ0n) is 8.11. The lowest BCUT2D eigenvalue weighted by molar-refractivity contribution is 0.718. The molecule has 2 aromatic heterocycles. The number of fused-ring (bicyclic) bond motifs is 1. The Labute approximate surface area is 85.9 Å². The Bertz CT molecular complexity index is 479. The predicted octanol–water partition coefficient (Wildman–Crippen LogP) is -0.943. The van der Waals surface area contributed by atoms with E-state index in [9.17, 15) is 0 Å². The summed E-state index contributed by atoms with van der Waals surface area (Å²) >= 11 is 0. The lowest BCUT2D eigenvalue weighted by Gasteiger charge is -2.15. The Morgan fingerprint density at radius 1 is 1.40 bits per heavy atom. The molecule has 3 heterocycles. The molecule has 78 valence electrons. The minimum absolute atomic E-state index is 0.247. The first-order chi connectivity index (χ1) is 7.33. The number of nitrogens with two attached hydrogens (primary N) is 1. The van der Waals surface area contributed by atoms with Gasteiger partial charge in [0.25, 0.3) is 0 Å². The van der Waals surface area contributed by atoms with Gasteiger partial charge < -0.3 is 10.6 Å². The van der Waals surface area contributed by atoms with E-state index in [4.69, 9.17) is 5.73 Å². The molecule has 0 aliphatic carbocycles. The van der Waals surface area contributed by atoms with Crippen LogP contribution >= 0.6 is 0 Å². The van der Waals surface area contributed by atoms with E-state index in [0.29, 0.717) is 5.65 Å². The molecule has 0 saturated carbocycles. The highest BCUT2D eigenvalue weighted by Crippen LogP contribution is 2.16. The summed E-state index contributed by atoms with van der Waals surface area (Å²) < 4.78 is 1.43. The summed E-state index contributed by atoms with van der Waals surface area (Å²) in [6.45, 7) is 1.79. The van der Waals surface area contributed by atoms with Gasteiger partial charge in [-0.1, -0.05) is 0 Å². The molecule has 1 atom stereocenters. The predicted molar refractivity (Wildman–Crippen MR) is 53.4 cm³/mol. The summed E-state index contributed by atoms with van der Waals surface area (Å²) in [5.74, 6) is 0.878. The molecular formula is C8H11N7. The summed E-state index contributed by atoms with van der Waals surface area (Å²) in [7, 11) is 0. The maximum Gasteiger partial charge on any atom is 0.200 e. The van der Waals surface area contributed by atoms with Crippen molar-refractivity contribution in [2.24, 2.45) is 5.73 Å². The molecule has 2 aromatic rings. The van der Waals surface area contributed by atoms with Crippen LogP contribution in [-0.2, 0) is 0 Å². The maximum atomic E-state index is 5.84. The Kier molecular flexibility index (Phi) is 1.78. The van der Waals surface area contributed by atoms with E-state index in [2.05, 4.69) is 25.5 Å². The van der Waals surface area contributed by atoms with Crippen LogP contribution in [0.15, 0.2) is 12.1 Å². The number of tetrazole rings is 1. The van der Waals surface area contributed by atoms with Crippen LogP contribution in [0.3, 0.4) is 0 Å². The second-order valence-corrected chi connectivity index (χ2v) is 3.71. The molecule has 0 bridgehead atoms. The second-order valence-electron chi connectivity index (χ2n) is 3.71. The van der Waals surface area contributed by atoms with Crippen LogP contribution < -0.4 is 10.6 Å². The largest absolute Gasteiger partial charge is 0.354 e. The van der Waals surface area contributed by atoms with Crippen molar-refractivity contribution in [1.29, 1.82) is 0 Å². The summed E-state index contributed by atoms with van der Waals surface area (Å²) in [6, 6.07) is 4.02. The summed E-state index contributed by atoms with van der Waals surface area (Å²) in [6.07, 6.45) is 1.01. The van der Waals surface area contributed by atoms with E-state index in [1.165, 1.54) is 4.63 Å². The van der Waals surface area contributed by atoms with E-state index < -0.39 is 0 Å². The molecule has 2 N–H and O–H groups in total. The lowest BCUT2D eigenvalue weighted by atomic mass is 10.3. The fraction of sp³-hybridized carbons (Fsp3) is 0.500. The van der Waals surface area contributed by atoms with Gasteiger partial charge in [0.2, 0.25) is 0 Å². The van der Waals surface area contributed by atoms with E-state index in [-0.39, 0.29) is 6.04 Å². The molecule has 7 heteroatoms. The highest BCUT2D eigenvalue weighted by atomic mass is 15.6. The van der Waals surface area contributed by atoms with Crippen molar-refractivity contribution in [3.63, 3.8) is 0 Å². The first-order valence-corrected chi connectivity index (χ1v) is 4.89. The summed E-state index contributed by atoms with van der Waals surface area (Å²) in [5, 5.41) is 15.4. The monoisotopic (exact) mass is 205 g/mol. The van der Waals surface area contributed by atoms with Crippen LogP contribution in [-0.4, -0.2) is 44.4 Å². The molecule has 15 heavy (non-hydrogen) atoms. The standard InChI is InChI=1S/C8H11N7/c9-6-3-4-14(5-6)8-2-1-7-10-12-13-15(7)11-8/h1-2,6H,3-5,9H2. The molecule has 1 fully saturated rings. The van der Waals surface area contributed by atoms with Gasteiger partial charge in [0, 0.05) is 19.1 Å².